The van der Waals surface area contributed by atoms with E-state index in [1.807, 2.05) is 0 Å². The Hall–Kier alpha value is -2.31. The third-order valence-corrected chi connectivity index (χ3v) is 10.9. The van der Waals surface area contributed by atoms with Crippen LogP contribution in [0.3, 0.4) is 0 Å². The number of nitrogens with one attached hydrogen (secondary N) is 1. The highest BCUT2D eigenvalue weighted by Crippen LogP contribution is 2.38. The average Bonchev–Trinajstić information content (AvgIpc) is 3.29. The maximum Gasteiger partial charge on any atom is 0.257 e. The second kappa shape index (κ2) is 11.7. The molecule has 2 unspecified atom stereocenters. The molecule has 2 aromatic rings. The quantitative estimate of drug-likeness (QED) is 0.567. The van der Waals surface area contributed by atoms with Crippen LogP contribution in [0.15, 0.2) is 29.2 Å². The molecule has 9 nitrogen and oxygen atoms in total. The van der Waals surface area contributed by atoms with Gasteiger partial charge in [0.25, 0.3) is 11.8 Å². The standard InChI is InChI=1S/C28H38N4O5S2/c1-4-30-10-9-23-24(18-30)38-27(25(23)28(34)31-11-13-37-14-12-31)29-26(33)21-5-7-22(8-6-21)39(35,36)32-16-19(2)15-20(3)17-32/h5-8,19-20H,4,9-18H2,1-3H3,(H,29,33). The predicted molar refractivity (Wildman–Crippen MR) is 152 cm³/mol. The number of hydrogen-bond acceptors (Lipinski definition) is 7. The molecular formula is C28H38N4O5S2. The first-order chi connectivity index (χ1) is 18.7. The van der Waals surface area contributed by atoms with Crippen molar-refractivity contribution in [3.63, 3.8) is 0 Å². The molecule has 212 valence electrons. The summed E-state index contributed by atoms with van der Waals surface area (Å²) in [5.74, 6) is 0.191. The van der Waals surface area contributed by atoms with Gasteiger partial charge in [-0.3, -0.25) is 14.5 Å². The minimum Gasteiger partial charge on any atom is -0.378 e. The maximum atomic E-state index is 13.6. The van der Waals surface area contributed by atoms with E-state index < -0.39 is 10.0 Å². The molecule has 1 aromatic heterocycles. The number of hydrogen-bond donors (Lipinski definition) is 1. The predicted octanol–water partition coefficient (Wildman–Crippen LogP) is 3.52. The summed E-state index contributed by atoms with van der Waals surface area (Å²) < 4.78 is 33.5. The van der Waals surface area contributed by atoms with Crippen LogP contribution < -0.4 is 5.32 Å². The van der Waals surface area contributed by atoms with Crippen LogP contribution in [0.2, 0.25) is 0 Å². The number of piperidine rings is 1. The zero-order chi connectivity index (χ0) is 27.7. The van der Waals surface area contributed by atoms with Gasteiger partial charge in [0.15, 0.2) is 0 Å². The van der Waals surface area contributed by atoms with Gasteiger partial charge in [0.05, 0.1) is 23.7 Å². The van der Waals surface area contributed by atoms with E-state index in [-0.39, 0.29) is 16.7 Å². The molecule has 39 heavy (non-hydrogen) atoms. The number of morpholine rings is 1. The number of fused-ring (bicyclic) bond motifs is 1. The Bertz CT molecular complexity index is 1310. The van der Waals surface area contributed by atoms with Gasteiger partial charge in [-0.05, 0) is 61.1 Å². The van der Waals surface area contributed by atoms with Crippen LogP contribution in [0, 0.1) is 11.8 Å². The summed E-state index contributed by atoms with van der Waals surface area (Å²) in [4.78, 5) is 32.4. The van der Waals surface area contributed by atoms with Gasteiger partial charge in [0, 0.05) is 49.7 Å². The first kappa shape index (κ1) is 28.2. The van der Waals surface area contributed by atoms with Crippen molar-refractivity contribution in [1.29, 1.82) is 0 Å². The van der Waals surface area contributed by atoms with E-state index in [1.165, 1.54) is 23.5 Å². The largest absolute Gasteiger partial charge is 0.378 e. The lowest BCUT2D eigenvalue weighted by Gasteiger charge is -2.34. The van der Waals surface area contributed by atoms with Gasteiger partial charge in [0.2, 0.25) is 10.0 Å². The fourth-order valence-electron chi connectivity index (χ4n) is 5.87. The topological polar surface area (TPSA) is 99.3 Å². The number of carbonyl (C=O) groups is 2. The number of anilines is 1. The zero-order valence-corrected chi connectivity index (χ0v) is 24.6. The lowest BCUT2D eigenvalue weighted by Crippen LogP contribution is -2.42. The minimum atomic E-state index is -3.63. The average molecular weight is 575 g/mol. The Morgan fingerprint density at radius 3 is 2.36 bits per heavy atom. The van der Waals surface area contributed by atoms with Crippen molar-refractivity contribution in [1.82, 2.24) is 14.1 Å². The number of sulfonamides is 1. The van der Waals surface area contributed by atoms with Crippen LogP contribution in [-0.2, 0) is 27.7 Å². The Morgan fingerprint density at radius 1 is 1.05 bits per heavy atom. The highest BCUT2D eigenvalue weighted by atomic mass is 32.2. The molecule has 0 saturated carbocycles. The first-order valence-corrected chi connectivity index (χ1v) is 16.1. The van der Waals surface area contributed by atoms with Gasteiger partial charge >= 0.3 is 0 Å². The zero-order valence-electron chi connectivity index (χ0n) is 22.9. The van der Waals surface area contributed by atoms with Gasteiger partial charge < -0.3 is 15.0 Å². The number of thiophene rings is 1. The number of ether oxygens (including phenoxy) is 1. The third-order valence-electron chi connectivity index (χ3n) is 7.91. The van der Waals surface area contributed by atoms with E-state index in [0.29, 0.717) is 67.4 Å². The summed E-state index contributed by atoms with van der Waals surface area (Å²) in [5.41, 5.74) is 1.97. The van der Waals surface area contributed by atoms with Crippen molar-refractivity contribution in [2.24, 2.45) is 11.8 Å². The van der Waals surface area contributed by atoms with Crippen LogP contribution in [-0.4, -0.2) is 86.8 Å². The fourth-order valence-corrected chi connectivity index (χ4v) is 8.83. The lowest BCUT2D eigenvalue weighted by molar-refractivity contribution is 0.0303. The summed E-state index contributed by atoms with van der Waals surface area (Å²) in [6.07, 6.45) is 1.78. The number of likely N-dealkylation sites (N-methyl/N-ethyl adjacent to an activating group) is 1. The number of rotatable bonds is 6. The normalized spacial score (nSPS) is 22.9. The summed E-state index contributed by atoms with van der Waals surface area (Å²) in [7, 11) is -3.63. The van der Waals surface area contributed by atoms with Crippen molar-refractivity contribution < 1.29 is 22.7 Å². The smallest absolute Gasteiger partial charge is 0.257 e. The molecule has 2 amide bonds. The van der Waals surface area contributed by atoms with Crippen LogP contribution in [0.4, 0.5) is 5.00 Å². The van der Waals surface area contributed by atoms with Crippen molar-refractivity contribution in [3.05, 3.63) is 45.8 Å². The second-order valence-electron chi connectivity index (χ2n) is 11.0. The SMILES string of the molecule is CCN1CCc2c(sc(NC(=O)c3ccc(S(=O)(=O)N4CC(C)CC(C)C4)cc3)c2C(=O)N2CCOCC2)C1. The molecule has 11 heteroatoms. The summed E-state index contributed by atoms with van der Waals surface area (Å²) in [5, 5.41) is 3.55. The van der Waals surface area contributed by atoms with Crippen molar-refractivity contribution in [2.75, 3.05) is 57.8 Å². The number of carbonyl (C=O) groups excluding carboxylic acids is 2. The summed E-state index contributed by atoms with van der Waals surface area (Å²) in [6, 6.07) is 6.11. The lowest BCUT2D eigenvalue weighted by atomic mass is 9.94. The van der Waals surface area contributed by atoms with E-state index in [2.05, 4.69) is 31.0 Å². The second-order valence-corrected chi connectivity index (χ2v) is 14.0. The van der Waals surface area contributed by atoms with Gasteiger partial charge in [-0.1, -0.05) is 20.8 Å². The van der Waals surface area contributed by atoms with Crippen LogP contribution >= 0.6 is 11.3 Å². The van der Waals surface area contributed by atoms with Crippen molar-refractivity contribution in [2.45, 2.75) is 45.1 Å². The van der Waals surface area contributed by atoms with Crippen LogP contribution in [0.25, 0.3) is 0 Å². The molecule has 2 fully saturated rings. The number of amides is 2. The Labute approximate surface area is 235 Å². The molecule has 0 spiro atoms. The molecule has 2 saturated heterocycles. The van der Waals surface area contributed by atoms with Gasteiger partial charge in [0.1, 0.15) is 5.00 Å². The summed E-state index contributed by atoms with van der Waals surface area (Å²) in [6.45, 7) is 11.9. The maximum absolute atomic E-state index is 13.6. The molecule has 1 N–H and O–H groups in total. The van der Waals surface area contributed by atoms with Crippen LogP contribution in [0.1, 0.15) is 58.3 Å². The van der Waals surface area contributed by atoms with Gasteiger partial charge in [-0.2, -0.15) is 4.31 Å². The number of benzene rings is 1. The molecule has 1 aromatic carbocycles. The molecule has 0 bridgehead atoms. The van der Waals surface area contributed by atoms with E-state index in [4.69, 9.17) is 4.74 Å². The molecule has 4 heterocycles. The molecule has 0 radical (unpaired) electrons. The molecule has 2 atom stereocenters. The van der Waals surface area contributed by atoms with E-state index in [0.717, 1.165) is 42.9 Å². The molecular weight excluding hydrogens is 536 g/mol. The molecule has 5 rings (SSSR count). The van der Waals surface area contributed by atoms with Crippen LogP contribution in [0.5, 0.6) is 0 Å². The Kier molecular flexibility index (Phi) is 8.44. The fraction of sp³-hybridized carbons (Fsp3) is 0.571. The highest BCUT2D eigenvalue weighted by Gasteiger charge is 2.33. The third kappa shape index (κ3) is 5.92. The Morgan fingerprint density at radius 2 is 1.72 bits per heavy atom. The monoisotopic (exact) mass is 574 g/mol. The van der Waals surface area contributed by atoms with Gasteiger partial charge in [-0.15, -0.1) is 11.3 Å². The molecule has 3 aliphatic heterocycles. The van der Waals surface area contributed by atoms with Gasteiger partial charge in [-0.25, -0.2) is 8.42 Å². The molecule has 0 aliphatic carbocycles. The van der Waals surface area contributed by atoms with Crippen molar-refractivity contribution in [3.8, 4) is 0 Å². The summed E-state index contributed by atoms with van der Waals surface area (Å²) >= 11 is 1.47. The van der Waals surface area contributed by atoms with Crippen molar-refractivity contribution >= 4 is 38.2 Å². The van der Waals surface area contributed by atoms with E-state index in [1.54, 1.807) is 21.3 Å². The number of nitrogens with zero attached hydrogens (tertiary/aromatic N) is 3. The minimum absolute atomic E-state index is 0.0671. The molecule has 3 aliphatic rings. The Balaban J connectivity index is 1.37. The highest BCUT2D eigenvalue weighted by molar-refractivity contribution is 7.89. The van der Waals surface area contributed by atoms with E-state index >= 15 is 0 Å². The first-order valence-electron chi connectivity index (χ1n) is 13.8. The van der Waals surface area contributed by atoms with E-state index in [9.17, 15) is 18.0 Å².